The average molecular weight is 507 g/mol. The zero-order valence-corrected chi connectivity index (χ0v) is 21.5. The molecule has 1 saturated heterocycles. The summed E-state index contributed by atoms with van der Waals surface area (Å²) in [6.07, 6.45) is 1.96. The smallest absolute Gasteiger partial charge is 0.251 e. The Kier molecular flexibility index (Phi) is 7.45. The van der Waals surface area contributed by atoms with Crippen LogP contribution in [0.5, 0.6) is 17.2 Å². The number of nitrogens with one attached hydrogen (secondary N) is 1. The van der Waals surface area contributed by atoms with Gasteiger partial charge < -0.3 is 25.2 Å². The quantitative estimate of drug-likeness (QED) is 0.360. The number of aromatic hydroxyl groups is 2. The van der Waals surface area contributed by atoms with E-state index in [1.807, 2.05) is 31.2 Å². The first-order valence-electron chi connectivity index (χ1n) is 11.9. The Bertz CT molecular complexity index is 1320. The Hall–Kier alpha value is -3.64. The van der Waals surface area contributed by atoms with E-state index >= 15 is 0 Å². The van der Waals surface area contributed by atoms with Crippen LogP contribution in [-0.2, 0) is 6.54 Å². The summed E-state index contributed by atoms with van der Waals surface area (Å²) < 4.78 is 5.21. The van der Waals surface area contributed by atoms with Crippen molar-refractivity contribution >= 4 is 23.2 Å². The van der Waals surface area contributed by atoms with Crippen LogP contribution in [0.15, 0.2) is 55.1 Å². The topological polar surface area (TPSA) is 82.0 Å². The van der Waals surface area contributed by atoms with Crippen LogP contribution in [0.2, 0.25) is 5.02 Å². The Labute approximate surface area is 216 Å². The van der Waals surface area contributed by atoms with Gasteiger partial charge in [0.05, 0.1) is 13.2 Å². The molecule has 0 spiro atoms. The molecule has 1 aliphatic rings. The molecule has 4 rings (SSSR count). The van der Waals surface area contributed by atoms with Crippen LogP contribution in [0.4, 0.5) is 0 Å². The maximum Gasteiger partial charge on any atom is 0.251 e. The lowest BCUT2D eigenvalue weighted by Crippen LogP contribution is -2.24. The van der Waals surface area contributed by atoms with E-state index in [-0.39, 0.29) is 23.4 Å². The van der Waals surface area contributed by atoms with Gasteiger partial charge in [-0.1, -0.05) is 30.3 Å². The molecule has 0 saturated carbocycles. The molecular weight excluding hydrogens is 476 g/mol. The Morgan fingerprint density at radius 3 is 2.64 bits per heavy atom. The van der Waals surface area contributed by atoms with Crippen molar-refractivity contribution in [3.05, 3.63) is 93.5 Å². The number of carbonyl (C=O) groups is 1. The van der Waals surface area contributed by atoms with E-state index in [1.54, 1.807) is 31.2 Å². The van der Waals surface area contributed by atoms with Crippen molar-refractivity contribution in [3.8, 4) is 17.2 Å². The summed E-state index contributed by atoms with van der Waals surface area (Å²) in [5.74, 6) is 0.465. The second-order valence-electron chi connectivity index (χ2n) is 9.18. The third kappa shape index (κ3) is 5.14. The number of hydrogen-bond acceptors (Lipinski definition) is 5. The Morgan fingerprint density at radius 1 is 1.14 bits per heavy atom. The standard InChI is InChI=1S/C29H31ClN2O4/c1-17-13-21(29(35)31-16-20-12-18(2)28(34)27(14-20)36-4)7-9-23(17)25-6-5-11-32(25)19(3)24-15-22(30)8-10-26(24)33/h7-10,12-15,25,33-34H,3,5-6,11,16H2,1-2,4H3,(H,31,35). The summed E-state index contributed by atoms with van der Waals surface area (Å²) in [6.45, 7) is 9.20. The van der Waals surface area contributed by atoms with Crippen molar-refractivity contribution in [3.63, 3.8) is 0 Å². The predicted molar refractivity (Wildman–Crippen MR) is 143 cm³/mol. The third-order valence-corrected chi connectivity index (χ3v) is 6.99. The molecule has 1 unspecified atom stereocenters. The highest BCUT2D eigenvalue weighted by Gasteiger charge is 2.29. The molecule has 3 N–H and O–H groups in total. The number of carbonyl (C=O) groups excluding carboxylic acids is 1. The highest BCUT2D eigenvalue weighted by atomic mass is 35.5. The number of nitrogens with zero attached hydrogens (tertiary/aromatic N) is 1. The number of methoxy groups -OCH3 is 1. The maximum atomic E-state index is 12.9. The number of ether oxygens (including phenoxy) is 1. The van der Waals surface area contributed by atoms with E-state index in [1.165, 1.54) is 7.11 Å². The molecule has 0 aromatic heterocycles. The van der Waals surface area contributed by atoms with Gasteiger partial charge in [-0.25, -0.2) is 0 Å². The number of amides is 1. The maximum absolute atomic E-state index is 12.9. The van der Waals surface area contributed by atoms with E-state index < -0.39 is 0 Å². The molecule has 1 heterocycles. The van der Waals surface area contributed by atoms with Crippen molar-refractivity contribution in [2.24, 2.45) is 0 Å². The monoisotopic (exact) mass is 506 g/mol. The SMILES string of the molecule is C=C(c1cc(Cl)ccc1O)N1CCCC1c1ccc(C(=O)NCc2cc(C)c(O)c(OC)c2)cc1C. The number of likely N-dealkylation sites (tertiary alicyclic amines) is 1. The van der Waals surface area contributed by atoms with Crippen LogP contribution >= 0.6 is 11.6 Å². The first-order valence-corrected chi connectivity index (χ1v) is 12.3. The molecule has 0 bridgehead atoms. The molecular formula is C29H31ClN2O4. The lowest BCUT2D eigenvalue weighted by Gasteiger charge is -2.30. The first-order chi connectivity index (χ1) is 17.2. The number of halogens is 1. The average Bonchev–Trinajstić information content (AvgIpc) is 3.35. The van der Waals surface area contributed by atoms with Crippen molar-refractivity contribution < 1.29 is 19.7 Å². The number of benzene rings is 3. The summed E-state index contributed by atoms with van der Waals surface area (Å²) in [6, 6.07) is 14.4. The van der Waals surface area contributed by atoms with Gasteiger partial charge in [-0.3, -0.25) is 4.79 Å². The zero-order valence-electron chi connectivity index (χ0n) is 20.8. The van der Waals surface area contributed by atoms with E-state index in [2.05, 4.69) is 16.8 Å². The molecule has 188 valence electrons. The highest BCUT2D eigenvalue weighted by Crippen LogP contribution is 2.41. The summed E-state index contributed by atoms with van der Waals surface area (Å²) >= 11 is 6.16. The molecule has 6 nitrogen and oxygen atoms in total. The van der Waals surface area contributed by atoms with Gasteiger partial charge in [0.15, 0.2) is 11.5 Å². The zero-order chi connectivity index (χ0) is 26.0. The van der Waals surface area contributed by atoms with E-state index in [0.29, 0.717) is 34.0 Å². The van der Waals surface area contributed by atoms with Crippen LogP contribution < -0.4 is 10.1 Å². The van der Waals surface area contributed by atoms with Crippen molar-refractivity contribution in [1.82, 2.24) is 10.2 Å². The molecule has 7 heteroatoms. The van der Waals surface area contributed by atoms with E-state index in [4.69, 9.17) is 16.3 Å². The highest BCUT2D eigenvalue weighted by molar-refractivity contribution is 6.30. The number of phenolic OH excluding ortho intramolecular Hbond substituents is 2. The summed E-state index contributed by atoms with van der Waals surface area (Å²) in [7, 11) is 1.50. The summed E-state index contributed by atoms with van der Waals surface area (Å²) in [5.41, 5.74) is 5.62. The predicted octanol–water partition coefficient (Wildman–Crippen LogP) is 6.11. The van der Waals surface area contributed by atoms with Gasteiger partial charge in [0.2, 0.25) is 0 Å². The number of hydrogen-bond donors (Lipinski definition) is 3. The second-order valence-corrected chi connectivity index (χ2v) is 9.61. The summed E-state index contributed by atoms with van der Waals surface area (Å²) in [5, 5.41) is 23.9. The molecule has 1 atom stereocenters. The molecule has 3 aromatic rings. The number of rotatable bonds is 7. The van der Waals surface area contributed by atoms with Crippen molar-refractivity contribution in [1.29, 1.82) is 0 Å². The van der Waals surface area contributed by atoms with Crippen LogP contribution in [-0.4, -0.2) is 34.7 Å². The minimum absolute atomic E-state index is 0.0976. The molecule has 1 amide bonds. The van der Waals surface area contributed by atoms with Crippen molar-refractivity contribution in [2.75, 3.05) is 13.7 Å². The lowest BCUT2D eigenvalue weighted by atomic mass is 9.96. The largest absolute Gasteiger partial charge is 0.507 e. The number of phenols is 2. The van der Waals surface area contributed by atoms with Crippen LogP contribution in [0.3, 0.4) is 0 Å². The minimum atomic E-state index is -0.175. The third-order valence-electron chi connectivity index (χ3n) is 6.76. The van der Waals surface area contributed by atoms with Crippen LogP contribution in [0.1, 0.15) is 57.1 Å². The summed E-state index contributed by atoms with van der Waals surface area (Å²) in [4.78, 5) is 15.1. The molecule has 1 aliphatic heterocycles. The Balaban J connectivity index is 1.49. The van der Waals surface area contributed by atoms with Gasteiger partial charge in [-0.2, -0.15) is 0 Å². The fraction of sp³-hybridized carbons (Fsp3) is 0.276. The molecule has 36 heavy (non-hydrogen) atoms. The molecule has 0 radical (unpaired) electrons. The van der Waals surface area contributed by atoms with Gasteiger partial charge in [0.1, 0.15) is 5.75 Å². The second kappa shape index (κ2) is 10.5. The van der Waals surface area contributed by atoms with Crippen molar-refractivity contribution in [2.45, 2.75) is 39.3 Å². The molecule has 0 aliphatic carbocycles. The van der Waals surface area contributed by atoms with Gasteiger partial charge in [-0.05, 0) is 85.3 Å². The normalized spacial score (nSPS) is 15.1. The van der Waals surface area contributed by atoms with Crippen LogP contribution in [0.25, 0.3) is 5.70 Å². The number of aryl methyl sites for hydroxylation is 2. The van der Waals surface area contributed by atoms with Gasteiger partial charge in [-0.15, -0.1) is 0 Å². The van der Waals surface area contributed by atoms with Gasteiger partial charge >= 0.3 is 0 Å². The fourth-order valence-electron chi connectivity index (χ4n) is 4.86. The van der Waals surface area contributed by atoms with Gasteiger partial charge in [0.25, 0.3) is 5.91 Å². The lowest BCUT2D eigenvalue weighted by molar-refractivity contribution is 0.0950. The minimum Gasteiger partial charge on any atom is -0.507 e. The van der Waals surface area contributed by atoms with Crippen LogP contribution in [0, 0.1) is 13.8 Å². The first kappa shape index (κ1) is 25.5. The Morgan fingerprint density at radius 2 is 1.92 bits per heavy atom. The fourth-order valence-corrected chi connectivity index (χ4v) is 5.03. The van der Waals surface area contributed by atoms with E-state index in [0.717, 1.165) is 41.8 Å². The van der Waals surface area contributed by atoms with Gasteiger partial charge in [0, 0.05) is 34.9 Å². The van der Waals surface area contributed by atoms with E-state index in [9.17, 15) is 15.0 Å². The molecule has 1 fully saturated rings. The molecule has 3 aromatic carbocycles.